The zero-order chi connectivity index (χ0) is 9.19. The van der Waals surface area contributed by atoms with E-state index >= 15 is 0 Å². The van der Waals surface area contributed by atoms with Crippen LogP contribution in [0.25, 0.3) is 0 Å². The fourth-order valence-electron chi connectivity index (χ4n) is 0.682. The molecule has 1 rings (SSSR count). The van der Waals surface area contributed by atoms with Crippen molar-refractivity contribution in [2.24, 2.45) is 5.84 Å². The third-order valence-electron chi connectivity index (χ3n) is 1.28. The van der Waals surface area contributed by atoms with Gasteiger partial charge in [-0.25, -0.2) is 8.42 Å². The Morgan fingerprint density at radius 2 is 1.69 bits per heavy atom. The van der Waals surface area contributed by atoms with E-state index in [1.807, 2.05) is 0 Å². The highest BCUT2D eigenvalue weighted by molar-refractivity contribution is 7.89. The van der Waals surface area contributed by atoms with Crippen LogP contribution >= 0.6 is 11.6 Å². The van der Waals surface area contributed by atoms with Crippen molar-refractivity contribution in [3.8, 4) is 0 Å². The van der Waals surface area contributed by atoms with Gasteiger partial charge in [0.25, 0.3) is 10.0 Å². The Hall–Kier alpha value is -0.660. The molecule has 0 unspecified atom stereocenters. The lowest BCUT2D eigenvalue weighted by Crippen LogP contribution is -2.30. The van der Waals surface area contributed by atoms with E-state index in [9.17, 15) is 8.42 Å². The number of hydrogen-bond acceptors (Lipinski definition) is 3. The van der Waals surface area contributed by atoms with Crippen molar-refractivity contribution >= 4 is 21.6 Å². The van der Waals surface area contributed by atoms with Gasteiger partial charge in [-0.2, -0.15) is 4.83 Å². The molecule has 0 spiro atoms. The molecule has 0 saturated carbocycles. The van der Waals surface area contributed by atoms with Crippen LogP contribution < -0.4 is 10.7 Å². The zero-order valence-electron chi connectivity index (χ0n) is 6.49. The van der Waals surface area contributed by atoms with Gasteiger partial charge in [-0.3, -0.25) is 5.84 Å². The molecule has 0 aromatic heterocycles. The molecule has 74 valence electrons. The van der Waals surface area contributed by atoms with Gasteiger partial charge in [-0.15, -0.1) is 0 Å². The highest BCUT2D eigenvalue weighted by Crippen LogP contribution is 2.12. The molecule has 0 amide bonds. The Morgan fingerprint density at radius 3 is 2.08 bits per heavy atom. The maximum atomic E-state index is 11.0. The Bertz CT molecular complexity index is 362. The van der Waals surface area contributed by atoms with Gasteiger partial charge in [-0.1, -0.05) is 11.6 Å². The van der Waals surface area contributed by atoms with Crippen LogP contribution in [-0.4, -0.2) is 13.9 Å². The summed E-state index contributed by atoms with van der Waals surface area (Å²) in [6.07, 6.45) is 0. The number of rotatable bonds is 2. The molecule has 0 aliphatic rings. The Labute approximate surface area is 80.8 Å². The second-order valence-corrected chi connectivity index (χ2v) is 4.23. The highest BCUT2D eigenvalue weighted by Gasteiger charge is 2.09. The maximum absolute atomic E-state index is 11.0. The van der Waals surface area contributed by atoms with Crippen molar-refractivity contribution in [1.29, 1.82) is 0 Å². The first-order valence-corrected chi connectivity index (χ1v) is 4.90. The first-order valence-electron chi connectivity index (χ1n) is 3.04. The molecule has 0 atom stereocenters. The molecule has 0 saturated heterocycles. The molecule has 0 fully saturated rings. The fourth-order valence-corrected chi connectivity index (χ4v) is 1.44. The Balaban J connectivity index is 0.00000144. The average Bonchev–Trinajstić information content (AvgIpc) is 2.05. The summed E-state index contributed by atoms with van der Waals surface area (Å²) in [5, 5.41) is 0.478. The predicted molar refractivity (Wildman–Crippen MR) is 49.6 cm³/mol. The van der Waals surface area contributed by atoms with Gasteiger partial charge in [0, 0.05) is 5.02 Å². The smallest absolute Gasteiger partial charge is 0.253 e. The summed E-state index contributed by atoms with van der Waals surface area (Å²) in [5.74, 6) is 4.81. The van der Waals surface area contributed by atoms with Gasteiger partial charge in [-0.05, 0) is 24.3 Å². The number of halogens is 1. The molecule has 0 heterocycles. The lowest BCUT2D eigenvalue weighted by molar-refractivity contribution is 0.584. The second-order valence-electron chi connectivity index (χ2n) is 2.08. The van der Waals surface area contributed by atoms with E-state index in [2.05, 4.69) is 0 Å². The first-order chi connectivity index (χ1) is 5.56. The molecular weight excluding hydrogens is 216 g/mol. The molecule has 0 aliphatic carbocycles. The first kappa shape index (κ1) is 12.3. The highest BCUT2D eigenvalue weighted by atomic mass is 35.5. The molecule has 13 heavy (non-hydrogen) atoms. The van der Waals surface area contributed by atoms with Crippen LogP contribution in [0.2, 0.25) is 5.02 Å². The van der Waals surface area contributed by atoms with E-state index in [0.29, 0.717) is 5.02 Å². The normalized spacial score (nSPS) is 10.6. The SMILES string of the molecule is NNS(=O)(=O)c1ccc(Cl)cc1.O. The van der Waals surface area contributed by atoms with Crippen LogP contribution in [0.1, 0.15) is 0 Å². The monoisotopic (exact) mass is 224 g/mol. The molecule has 5 nitrogen and oxygen atoms in total. The standard InChI is InChI=1S/C6H7ClN2O2S.H2O/c7-5-1-3-6(4-2-5)12(10,11)9-8;/h1-4,9H,8H2;1H2. The Kier molecular flexibility index (Phi) is 4.31. The number of nitrogens with one attached hydrogen (secondary N) is 1. The second kappa shape index (κ2) is 4.54. The van der Waals surface area contributed by atoms with Crippen molar-refractivity contribution in [2.75, 3.05) is 0 Å². The third-order valence-corrected chi connectivity index (χ3v) is 2.73. The summed E-state index contributed by atoms with van der Waals surface area (Å²) < 4.78 is 22.1. The molecule has 0 radical (unpaired) electrons. The van der Waals surface area contributed by atoms with Crippen LogP contribution in [0.4, 0.5) is 0 Å². The lowest BCUT2D eigenvalue weighted by atomic mass is 10.4. The van der Waals surface area contributed by atoms with Crippen LogP contribution in [0.15, 0.2) is 29.2 Å². The van der Waals surface area contributed by atoms with Gasteiger partial charge in [0.1, 0.15) is 0 Å². The van der Waals surface area contributed by atoms with E-state index < -0.39 is 10.0 Å². The van der Waals surface area contributed by atoms with Crippen molar-refractivity contribution in [1.82, 2.24) is 4.83 Å². The predicted octanol–water partition coefficient (Wildman–Crippen LogP) is -0.333. The molecule has 0 bridgehead atoms. The lowest BCUT2D eigenvalue weighted by Gasteiger charge is -2.00. The minimum absolute atomic E-state index is 0. The largest absolute Gasteiger partial charge is 0.412 e. The number of benzene rings is 1. The maximum Gasteiger partial charge on any atom is 0.253 e. The summed E-state index contributed by atoms with van der Waals surface area (Å²) in [5.41, 5.74) is 0. The van der Waals surface area contributed by atoms with Gasteiger partial charge >= 0.3 is 0 Å². The molecule has 0 aliphatic heterocycles. The van der Waals surface area contributed by atoms with E-state index in [0.717, 1.165) is 0 Å². The molecular formula is C6H9ClN2O3S. The topological polar surface area (TPSA) is 104 Å². The van der Waals surface area contributed by atoms with Crippen molar-refractivity contribution in [3.63, 3.8) is 0 Å². The van der Waals surface area contributed by atoms with E-state index in [1.54, 1.807) is 4.83 Å². The van der Waals surface area contributed by atoms with Gasteiger partial charge in [0.2, 0.25) is 0 Å². The van der Waals surface area contributed by atoms with E-state index in [-0.39, 0.29) is 10.4 Å². The number of hydrogen-bond donors (Lipinski definition) is 2. The van der Waals surface area contributed by atoms with Crippen molar-refractivity contribution in [3.05, 3.63) is 29.3 Å². The molecule has 1 aromatic rings. The summed E-state index contributed by atoms with van der Waals surface area (Å²) in [7, 11) is -3.55. The quantitative estimate of drug-likeness (QED) is 0.531. The van der Waals surface area contributed by atoms with E-state index in [4.69, 9.17) is 17.4 Å². The number of nitrogens with two attached hydrogens (primary N) is 1. The van der Waals surface area contributed by atoms with Crippen molar-refractivity contribution in [2.45, 2.75) is 4.90 Å². The Morgan fingerprint density at radius 1 is 1.23 bits per heavy atom. The van der Waals surface area contributed by atoms with Crippen LogP contribution in [-0.2, 0) is 10.0 Å². The summed E-state index contributed by atoms with van der Waals surface area (Å²) in [6, 6.07) is 5.70. The summed E-state index contributed by atoms with van der Waals surface area (Å²) in [4.78, 5) is 1.80. The van der Waals surface area contributed by atoms with Gasteiger partial charge in [0.05, 0.1) is 4.90 Å². The van der Waals surface area contributed by atoms with Crippen LogP contribution in [0, 0.1) is 0 Å². The average molecular weight is 225 g/mol. The summed E-state index contributed by atoms with van der Waals surface area (Å²) in [6.45, 7) is 0. The summed E-state index contributed by atoms with van der Waals surface area (Å²) >= 11 is 5.56. The fraction of sp³-hybridized carbons (Fsp3) is 0. The third kappa shape index (κ3) is 2.94. The van der Waals surface area contributed by atoms with Gasteiger partial charge < -0.3 is 5.48 Å². The number of hydrazine groups is 1. The molecule has 1 aromatic carbocycles. The van der Waals surface area contributed by atoms with Crippen LogP contribution in [0.5, 0.6) is 0 Å². The van der Waals surface area contributed by atoms with Crippen molar-refractivity contribution < 1.29 is 13.9 Å². The van der Waals surface area contributed by atoms with E-state index in [1.165, 1.54) is 24.3 Å². The molecule has 7 heteroatoms. The zero-order valence-corrected chi connectivity index (χ0v) is 8.06. The van der Waals surface area contributed by atoms with Gasteiger partial charge in [0.15, 0.2) is 0 Å². The van der Waals surface area contributed by atoms with Crippen LogP contribution in [0.3, 0.4) is 0 Å². The number of sulfonamides is 1. The minimum atomic E-state index is -3.55. The molecule has 5 N–H and O–H groups in total. The minimum Gasteiger partial charge on any atom is -0.412 e.